The Hall–Kier alpha value is -2.47. The van der Waals surface area contributed by atoms with Crippen LogP contribution in [0.4, 0.5) is 5.69 Å². The fraction of sp³-hybridized carbons (Fsp3) is 0.176. The van der Waals surface area contributed by atoms with Gasteiger partial charge in [-0.15, -0.1) is 0 Å². The van der Waals surface area contributed by atoms with Crippen LogP contribution in [0.25, 0.3) is 0 Å². The molecular formula is C17H17NO4S. The fourth-order valence-corrected chi connectivity index (χ4v) is 2.66. The first kappa shape index (κ1) is 16.9. The van der Waals surface area contributed by atoms with E-state index in [1.54, 1.807) is 36.4 Å². The average Bonchev–Trinajstić information content (AvgIpc) is 2.47. The summed E-state index contributed by atoms with van der Waals surface area (Å²) in [4.78, 5) is 23.4. The van der Waals surface area contributed by atoms with Crippen molar-refractivity contribution in [3.05, 3.63) is 59.7 Å². The zero-order valence-corrected chi connectivity index (χ0v) is 13.7. The van der Waals surface area contributed by atoms with Crippen LogP contribution < -0.4 is 5.32 Å². The van der Waals surface area contributed by atoms with Gasteiger partial charge >= 0.3 is 0 Å². The number of hydrogen-bond acceptors (Lipinski definition) is 4. The van der Waals surface area contributed by atoms with Gasteiger partial charge in [0.15, 0.2) is 15.6 Å². The van der Waals surface area contributed by atoms with E-state index in [4.69, 9.17) is 0 Å². The number of amides is 1. The third kappa shape index (κ3) is 4.75. The number of carbonyl (C=O) groups is 2. The molecule has 6 heteroatoms. The molecule has 0 aliphatic heterocycles. The standard InChI is InChI=1S/C17H17NO4S/c1-12(19)14-5-7-15(8-6-14)18-17(20)11-13-3-9-16(10-4-13)23(2,21)22/h3-10H,11H2,1-2H3,(H,18,20). The summed E-state index contributed by atoms with van der Waals surface area (Å²) in [5.74, 6) is -0.249. The summed E-state index contributed by atoms with van der Waals surface area (Å²) in [5, 5.41) is 2.73. The Kier molecular flexibility index (Phi) is 4.95. The molecule has 2 rings (SSSR count). The molecule has 0 atom stereocenters. The molecule has 0 aliphatic carbocycles. The first-order chi connectivity index (χ1) is 10.8. The second-order valence-electron chi connectivity index (χ2n) is 5.27. The van der Waals surface area contributed by atoms with Gasteiger partial charge in [0.25, 0.3) is 0 Å². The number of Topliss-reactive ketones (excluding diaryl/α,β-unsaturated/α-hetero) is 1. The van der Waals surface area contributed by atoms with Gasteiger partial charge in [0, 0.05) is 17.5 Å². The summed E-state index contributed by atoms with van der Waals surface area (Å²) in [5.41, 5.74) is 1.90. The van der Waals surface area contributed by atoms with Gasteiger partial charge in [-0.25, -0.2) is 8.42 Å². The van der Waals surface area contributed by atoms with Crippen LogP contribution in [0.5, 0.6) is 0 Å². The van der Waals surface area contributed by atoms with Gasteiger partial charge in [-0.2, -0.15) is 0 Å². The Balaban J connectivity index is 2.00. The molecule has 2 aromatic rings. The molecule has 0 saturated carbocycles. The summed E-state index contributed by atoms with van der Waals surface area (Å²) < 4.78 is 22.8. The van der Waals surface area contributed by atoms with Crippen LogP contribution in [0.15, 0.2) is 53.4 Å². The van der Waals surface area contributed by atoms with Crippen LogP contribution in [-0.4, -0.2) is 26.4 Å². The first-order valence-electron chi connectivity index (χ1n) is 6.95. The second kappa shape index (κ2) is 6.75. The topological polar surface area (TPSA) is 80.3 Å². The maximum atomic E-state index is 12.0. The van der Waals surface area contributed by atoms with Gasteiger partial charge in [-0.3, -0.25) is 9.59 Å². The van der Waals surface area contributed by atoms with Gasteiger partial charge < -0.3 is 5.32 Å². The molecule has 0 unspecified atom stereocenters. The molecule has 0 bridgehead atoms. The molecule has 1 amide bonds. The van der Waals surface area contributed by atoms with E-state index in [1.165, 1.54) is 19.1 Å². The van der Waals surface area contributed by atoms with Crippen molar-refractivity contribution in [1.29, 1.82) is 0 Å². The highest BCUT2D eigenvalue weighted by molar-refractivity contribution is 7.90. The highest BCUT2D eigenvalue weighted by Crippen LogP contribution is 2.13. The van der Waals surface area contributed by atoms with Crippen molar-refractivity contribution >= 4 is 27.2 Å². The fourth-order valence-electron chi connectivity index (χ4n) is 2.03. The van der Waals surface area contributed by atoms with Gasteiger partial charge in [0.1, 0.15) is 0 Å². The SMILES string of the molecule is CC(=O)c1ccc(NC(=O)Cc2ccc(S(C)(=O)=O)cc2)cc1. The van der Waals surface area contributed by atoms with Crippen molar-refractivity contribution in [1.82, 2.24) is 0 Å². The number of carbonyl (C=O) groups excluding carboxylic acids is 2. The van der Waals surface area contributed by atoms with Crippen LogP contribution in [0, 0.1) is 0 Å². The third-order valence-corrected chi connectivity index (χ3v) is 4.42. The van der Waals surface area contributed by atoms with E-state index in [0.29, 0.717) is 11.3 Å². The Labute approximate surface area is 135 Å². The van der Waals surface area contributed by atoms with E-state index in [1.807, 2.05) is 0 Å². The minimum atomic E-state index is -3.24. The van der Waals surface area contributed by atoms with Crippen molar-refractivity contribution in [2.45, 2.75) is 18.2 Å². The number of ketones is 1. The van der Waals surface area contributed by atoms with Crippen LogP contribution in [-0.2, 0) is 21.1 Å². The number of rotatable bonds is 5. The van der Waals surface area contributed by atoms with E-state index in [9.17, 15) is 18.0 Å². The Morgan fingerprint density at radius 1 is 0.957 bits per heavy atom. The largest absolute Gasteiger partial charge is 0.326 e. The molecule has 0 aliphatic rings. The van der Waals surface area contributed by atoms with Crippen LogP contribution in [0.3, 0.4) is 0 Å². The lowest BCUT2D eigenvalue weighted by Crippen LogP contribution is -2.14. The molecule has 2 aromatic carbocycles. The van der Waals surface area contributed by atoms with Crippen molar-refractivity contribution in [3.8, 4) is 0 Å². The highest BCUT2D eigenvalue weighted by atomic mass is 32.2. The number of anilines is 1. The molecule has 0 radical (unpaired) electrons. The lowest BCUT2D eigenvalue weighted by molar-refractivity contribution is -0.115. The van der Waals surface area contributed by atoms with Crippen LogP contribution in [0.1, 0.15) is 22.8 Å². The van der Waals surface area contributed by atoms with Gasteiger partial charge in [0.2, 0.25) is 5.91 Å². The Morgan fingerprint density at radius 2 is 1.52 bits per heavy atom. The van der Waals surface area contributed by atoms with E-state index >= 15 is 0 Å². The maximum Gasteiger partial charge on any atom is 0.228 e. The number of benzene rings is 2. The first-order valence-corrected chi connectivity index (χ1v) is 8.85. The van der Waals surface area contributed by atoms with Gasteiger partial charge in [0.05, 0.1) is 11.3 Å². The van der Waals surface area contributed by atoms with Crippen molar-refractivity contribution in [2.24, 2.45) is 0 Å². The smallest absolute Gasteiger partial charge is 0.228 e. The van der Waals surface area contributed by atoms with E-state index < -0.39 is 9.84 Å². The average molecular weight is 331 g/mol. The quantitative estimate of drug-likeness (QED) is 0.854. The van der Waals surface area contributed by atoms with Crippen molar-refractivity contribution < 1.29 is 18.0 Å². The summed E-state index contributed by atoms with van der Waals surface area (Å²) in [6.45, 7) is 1.48. The van der Waals surface area contributed by atoms with E-state index in [2.05, 4.69) is 5.32 Å². The summed E-state index contributed by atoms with van der Waals surface area (Å²) in [6, 6.07) is 12.9. The lowest BCUT2D eigenvalue weighted by Gasteiger charge is -2.06. The number of sulfone groups is 1. The Morgan fingerprint density at radius 3 is 2.00 bits per heavy atom. The van der Waals surface area contributed by atoms with Crippen LogP contribution in [0.2, 0.25) is 0 Å². The molecule has 1 N–H and O–H groups in total. The predicted octanol–water partition coefficient (Wildman–Crippen LogP) is 2.47. The van der Waals surface area contributed by atoms with Crippen molar-refractivity contribution in [2.75, 3.05) is 11.6 Å². The monoisotopic (exact) mass is 331 g/mol. The van der Waals surface area contributed by atoms with E-state index in [-0.39, 0.29) is 23.0 Å². The zero-order valence-electron chi connectivity index (χ0n) is 12.9. The molecule has 120 valence electrons. The third-order valence-electron chi connectivity index (χ3n) is 3.29. The molecule has 0 fully saturated rings. The molecular weight excluding hydrogens is 314 g/mol. The van der Waals surface area contributed by atoms with Gasteiger partial charge in [-0.1, -0.05) is 12.1 Å². The van der Waals surface area contributed by atoms with Crippen molar-refractivity contribution in [3.63, 3.8) is 0 Å². The summed E-state index contributed by atoms with van der Waals surface area (Å²) in [6.07, 6.45) is 1.28. The highest BCUT2D eigenvalue weighted by Gasteiger charge is 2.08. The molecule has 0 spiro atoms. The molecule has 0 heterocycles. The number of hydrogen-bond donors (Lipinski definition) is 1. The van der Waals surface area contributed by atoms with Crippen LogP contribution >= 0.6 is 0 Å². The summed E-state index contributed by atoms with van der Waals surface area (Å²) >= 11 is 0. The lowest BCUT2D eigenvalue weighted by atomic mass is 10.1. The summed E-state index contributed by atoms with van der Waals surface area (Å²) in [7, 11) is -3.24. The number of nitrogens with one attached hydrogen (secondary N) is 1. The minimum absolute atomic E-state index is 0.0335. The molecule has 0 saturated heterocycles. The van der Waals surface area contributed by atoms with Gasteiger partial charge in [-0.05, 0) is 48.9 Å². The second-order valence-corrected chi connectivity index (χ2v) is 7.29. The predicted molar refractivity (Wildman–Crippen MR) is 88.3 cm³/mol. The molecule has 23 heavy (non-hydrogen) atoms. The zero-order chi connectivity index (χ0) is 17.0. The Bertz CT molecular complexity index is 822. The molecule has 5 nitrogen and oxygen atoms in total. The normalized spacial score (nSPS) is 11.0. The van der Waals surface area contributed by atoms with E-state index in [0.717, 1.165) is 11.8 Å². The minimum Gasteiger partial charge on any atom is -0.326 e. The molecule has 0 aromatic heterocycles. The maximum absolute atomic E-state index is 12.0.